The third-order valence-electron chi connectivity index (χ3n) is 3.16. The Hall–Kier alpha value is -1.95. The normalized spacial score (nSPS) is 11.8. The summed E-state index contributed by atoms with van der Waals surface area (Å²) < 4.78 is 1.77. The number of rotatable bonds is 4. The smallest absolute Gasteiger partial charge is 0.174 e. The van der Waals surface area contributed by atoms with Crippen LogP contribution in [-0.2, 0) is 12.8 Å². The predicted molar refractivity (Wildman–Crippen MR) is 81.2 cm³/mol. The van der Waals surface area contributed by atoms with Crippen molar-refractivity contribution in [2.45, 2.75) is 24.6 Å². The second-order valence-electron chi connectivity index (χ2n) is 4.59. The van der Waals surface area contributed by atoms with Crippen LogP contribution in [-0.4, -0.2) is 20.8 Å². The molecule has 0 atom stereocenters. The molecule has 0 bridgehead atoms. The van der Waals surface area contributed by atoms with Gasteiger partial charge < -0.3 is 10.9 Å². The first kappa shape index (κ1) is 14.5. The summed E-state index contributed by atoms with van der Waals surface area (Å²) in [7, 11) is 1.86. The number of oxime groups is 1. The molecule has 0 fully saturated rings. The molecule has 0 saturated heterocycles. The molecule has 1 aromatic heterocycles. The van der Waals surface area contributed by atoms with E-state index in [0.29, 0.717) is 5.56 Å². The third-order valence-corrected chi connectivity index (χ3v) is 4.36. The van der Waals surface area contributed by atoms with Crippen LogP contribution in [0.25, 0.3) is 0 Å². The predicted octanol–water partition coefficient (Wildman–Crippen LogP) is 2.42. The number of aryl methyl sites for hydroxylation is 3. The van der Waals surface area contributed by atoms with Crippen LogP contribution in [0.3, 0.4) is 0 Å². The molecule has 0 amide bonds. The molecule has 0 saturated carbocycles. The molecule has 0 unspecified atom stereocenters. The maximum atomic E-state index is 8.89. The van der Waals surface area contributed by atoms with E-state index in [9.17, 15) is 0 Å². The van der Waals surface area contributed by atoms with Crippen molar-refractivity contribution >= 4 is 17.6 Å². The lowest BCUT2D eigenvalue weighted by atomic mass is 10.1. The first-order chi connectivity index (χ1) is 9.54. The number of hydrogen-bond donors (Lipinski definition) is 2. The Balaban J connectivity index is 2.28. The SMILES string of the molecule is Cc1ccccc1CSc1c(C(N)=NO)c(C)nn1C. The van der Waals surface area contributed by atoms with Crippen LogP contribution < -0.4 is 5.73 Å². The second-order valence-corrected chi connectivity index (χ2v) is 5.55. The van der Waals surface area contributed by atoms with Gasteiger partial charge in [-0.1, -0.05) is 29.4 Å². The van der Waals surface area contributed by atoms with E-state index in [2.05, 4.69) is 29.3 Å². The van der Waals surface area contributed by atoms with Gasteiger partial charge in [-0.15, -0.1) is 11.8 Å². The van der Waals surface area contributed by atoms with E-state index in [-0.39, 0.29) is 5.84 Å². The van der Waals surface area contributed by atoms with Gasteiger partial charge in [-0.3, -0.25) is 4.68 Å². The van der Waals surface area contributed by atoms with Crippen molar-refractivity contribution in [3.8, 4) is 0 Å². The van der Waals surface area contributed by atoms with Crippen molar-refractivity contribution in [3.05, 3.63) is 46.6 Å². The minimum absolute atomic E-state index is 0.0999. The highest BCUT2D eigenvalue weighted by Gasteiger charge is 2.17. The van der Waals surface area contributed by atoms with Gasteiger partial charge in [0.2, 0.25) is 0 Å². The van der Waals surface area contributed by atoms with Gasteiger partial charge in [0.05, 0.1) is 11.3 Å². The van der Waals surface area contributed by atoms with Crippen LogP contribution in [0.2, 0.25) is 0 Å². The molecule has 6 heteroatoms. The summed E-state index contributed by atoms with van der Waals surface area (Å²) in [6.45, 7) is 3.94. The molecular weight excluding hydrogens is 272 g/mol. The maximum Gasteiger partial charge on any atom is 0.174 e. The fourth-order valence-electron chi connectivity index (χ4n) is 2.07. The highest BCUT2D eigenvalue weighted by molar-refractivity contribution is 7.98. The molecule has 3 N–H and O–H groups in total. The molecule has 5 nitrogen and oxygen atoms in total. The zero-order valence-corrected chi connectivity index (χ0v) is 12.6. The van der Waals surface area contributed by atoms with E-state index in [4.69, 9.17) is 10.9 Å². The van der Waals surface area contributed by atoms with E-state index < -0.39 is 0 Å². The molecule has 1 aromatic carbocycles. The highest BCUT2D eigenvalue weighted by atomic mass is 32.2. The summed E-state index contributed by atoms with van der Waals surface area (Å²) in [5, 5.41) is 17.2. The lowest BCUT2D eigenvalue weighted by Gasteiger charge is -2.07. The van der Waals surface area contributed by atoms with E-state index in [1.54, 1.807) is 16.4 Å². The van der Waals surface area contributed by atoms with Gasteiger partial charge >= 0.3 is 0 Å². The van der Waals surface area contributed by atoms with Gasteiger partial charge in [0.15, 0.2) is 5.84 Å². The molecule has 20 heavy (non-hydrogen) atoms. The number of hydrogen-bond acceptors (Lipinski definition) is 4. The summed E-state index contributed by atoms with van der Waals surface area (Å²) in [6.07, 6.45) is 0. The Labute approximate surface area is 122 Å². The summed E-state index contributed by atoms with van der Waals surface area (Å²) in [4.78, 5) is 0. The fourth-order valence-corrected chi connectivity index (χ4v) is 3.31. The molecule has 2 aromatic rings. The van der Waals surface area contributed by atoms with Crippen molar-refractivity contribution in [2.24, 2.45) is 17.9 Å². The van der Waals surface area contributed by atoms with Crippen LogP contribution in [0.15, 0.2) is 34.4 Å². The lowest BCUT2D eigenvalue weighted by molar-refractivity contribution is 0.318. The van der Waals surface area contributed by atoms with Gasteiger partial charge in [-0.05, 0) is 25.0 Å². The molecular formula is C14H18N4OS. The molecule has 0 aliphatic heterocycles. The van der Waals surface area contributed by atoms with E-state index in [1.165, 1.54) is 11.1 Å². The maximum absolute atomic E-state index is 8.89. The van der Waals surface area contributed by atoms with Crippen LogP contribution >= 0.6 is 11.8 Å². The lowest BCUT2D eigenvalue weighted by Crippen LogP contribution is -2.15. The number of nitrogens with zero attached hydrogens (tertiary/aromatic N) is 3. The molecule has 2 rings (SSSR count). The zero-order chi connectivity index (χ0) is 14.7. The molecule has 0 aliphatic rings. The Morgan fingerprint density at radius 3 is 2.75 bits per heavy atom. The summed E-state index contributed by atoms with van der Waals surface area (Å²) in [6, 6.07) is 8.25. The van der Waals surface area contributed by atoms with Crippen LogP contribution in [0.4, 0.5) is 0 Å². The molecule has 0 spiro atoms. The van der Waals surface area contributed by atoms with Gasteiger partial charge in [0.1, 0.15) is 5.03 Å². The monoisotopic (exact) mass is 290 g/mol. The van der Waals surface area contributed by atoms with Gasteiger partial charge in [-0.25, -0.2) is 0 Å². The van der Waals surface area contributed by atoms with Crippen molar-refractivity contribution in [2.75, 3.05) is 0 Å². The number of amidine groups is 1. The van der Waals surface area contributed by atoms with Gasteiger partial charge in [0.25, 0.3) is 0 Å². The average Bonchev–Trinajstić information content (AvgIpc) is 2.71. The largest absolute Gasteiger partial charge is 0.409 e. The van der Waals surface area contributed by atoms with Gasteiger partial charge in [-0.2, -0.15) is 5.10 Å². The second kappa shape index (κ2) is 6.00. The van der Waals surface area contributed by atoms with Crippen LogP contribution in [0.5, 0.6) is 0 Å². The minimum Gasteiger partial charge on any atom is -0.409 e. The Morgan fingerprint density at radius 1 is 1.40 bits per heavy atom. The standard InChI is InChI=1S/C14H18N4OS/c1-9-6-4-5-7-11(9)8-20-14-12(13(15)17-19)10(2)16-18(14)3/h4-7,19H,8H2,1-3H3,(H2,15,17). The number of nitrogens with two attached hydrogens (primary N) is 1. The third kappa shape index (κ3) is 2.80. The Bertz CT molecular complexity index is 649. The number of benzene rings is 1. The zero-order valence-electron chi connectivity index (χ0n) is 11.8. The summed E-state index contributed by atoms with van der Waals surface area (Å²) >= 11 is 1.63. The highest BCUT2D eigenvalue weighted by Crippen LogP contribution is 2.28. The van der Waals surface area contributed by atoms with Crippen LogP contribution in [0, 0.1) is 13.8 Å². The van der Waals surface area contributed by atoms with Crippen molar-refractivity contribution in [3.63, 3.8) is 0 Å². The fraction of sp³-hybridized carbons (Fsp3) is 0.286. The first-order valence-corrected chi connectivity index (χ1v) is 7.22. The summed E-state index contributed by atoms with van der Waals surface area (Å²) in [5.41, 5.74) is 9.72. The van der Waals surface area contributed by atoms with E-state index >= 15 is 0 Å². The molecule has 106 valence electrons. The van der Waals surface area contributed by atoms with E-state index in [1.807, 2.05) is 26.1 Å². The number of thioether (sulfide) groups is 1. The summed E-state index contributed by atoms with van der Waals surface area (Å²) in [5.74, 6) is 0.917. The Morgan fingerprint density at radius 2 is 2.10 bits per heavy atom. The quantitative estimate of drug-likeness (QED) is 0.298. The van der Waals surface area contributed by atoms with Crippen molar-refractivity contribution in [1.29, 1.82) is 0 Å². The topological polar surface area (TPSA) is 76.4 Å². The molecule has 0 radical (unpaired) electrons. The average molecular weight is 290 g/mol. The Kier molecular flexibility index (Phi) is 4.34. The number of aromatic nitrogens is 2. The van der Waals surface area contributed by atoms with Crippen molar-refractivity contribution in [1.82, 2.24) is 9.78 Å². The minimum atomic E-state index is 0.0999. The van der Waals surface area contributed by atoms with Crippen molar-refractivity contribution < 1.29 is 5.21 Å². The molecule has 1 heterocycles. The van der Waals surface area contributed by atoms with Gasteiger partial charge in [0, 0.05) is 12.8 Å². The first-order valence-electron chi connectivity index (χ1n) is 6.23. The van der Waals surface area contributed by atoms with E-state index in [0.717, 1.165) is 16.5 Å². The van der Waals surface area contributed by atoms with Crippen LogP contribution in [0.1, 0.15) is 22.4 Å². The molecule has 0 aliphatic carbocycles.